The highest BCUT2D eigenvalue weighted by atomic mass is 19.1. The first-order chi connectivity index (χ1) is 18.5. The van der Waals surface area contributed by atoms with E-state index < -0.39 is 29.6 Å². The predicted molar refractivity (Wildman–Crippen MR) is 140 cm³/mol. The van der Waals surface area contributed by atoms with Crippen molar-refractivity contribution in [1.82, 2.24) is 24.8 Å². The van der Waals surface area contributed by atoms with Crippen LogP contribution < -0.4 is 16.2 Å². The highest BCUT2D eigenvalue weighted by molar-refractivity contribution is 5.80. The van der Waals surface area contributed by atoms with Crippen LogP contribution in [0.2, 0.25) is 0 Å². The molecule has 5 rings (SSSR count). The molecule has 0 aliphatic carbocycles. The Morgan fingerprint density at radius 2 is 1.87 bits per heavy atom. The normalized spacial score (nSPS) is 11.0. The minimum Gasteiger partial charge on any atom is -0.365 e. The minimum atomic E-state index is -0.738. The maximum atomic E-state index is 14.6. The fourth-order valence-electron chi connectivity index (χ4n) is 4.17. The number of benzene rings is 2. The summed E-state index contributed by atoms with van der Waals surface area (Å²) < 4.78 is 29.7. The Morgan fingerprint density at radius 3 is 2.68 bits per heavy atom. The predicted octanol–water partition coefficient (Wildman–Crippen LogP) is 4.04. The first-order valence-corrected chi connectivity index (χ1v) is 12.0. The number of amides is 1. The van der Waals surface area contributed by atoms with Gasteiger partial charge in [-0.1, -0.05) is 30.3 Å². The number of pyridine rings is 1. The Bertz CT molecular complexity index is 1620. The highest BCUT2D eigenvalue weighted by Gasteiger charge is 2.18. The van der Waals surface area contributed by atoms with Crippen molar-refractivity contribution in [2.24, 2.45) is 0 Å². The fraction of sp³-hybridized carbons (Fsp3) is 0.143. The van der Waals surface area contributed by atoms with Crippen LogP contribution in [0.4, 0.5) is 14.6 Å². The number of fused-ring (bicyclic) bond motifs is 1. The Balaban J connectivity index is 1.38. The number of halogens is 2. The molecule has 3 aromatic heterocycles. The number of hydrogen-bond donors (Lipinski definition) is 3. The zero-order valence-electron chi connectivity index (χ0n) is 20.2. The Kier molecular flexibility index (Phi) is 7.21. The number of nitrogens with zero attached hydrogens (tertiary/aromatic N) is 3. The largest absolute Gasteiger partial charge is 0.365 e. The van der Waals surface area contributed by atoms with Crippen molar-refractivity contribution in [3.63, 3.8) is 0 Å². The lowest BCUT2D eigenvalue weighted by atomic mass is 10.1. The van der Waals surface area contributed by atoms with E-state index in [0.29, 0.717) is 13.0 Å². The van der Waals surface area contributed by atoms with Crippen LogP contribution in [0, 0.1) is 11.6 Å². The van der Waals surface area contributed by atoms with Gasteiger partial charge in [-0.15, -0.1) is 0 Å². The molecule has 3 heterocycles. The average molecular weight is 515 g/mol. The van der Waals surface area contributed by atoms with Crippen LogP contribution in [0.3, 0.4) is 0 Å². The van der Waals surface area contributed by atoms with Crippen LogP contribution in [-0.4, -0.2) is 32.0 Å². The molecule has 0 aliphatic heterocycles. The minimum absolute atomic E-state index is 0.00699. The SMILES string of the molecule is O=C(Cn1c(-c2cc(F)ccc2F)cnc(NCCc2ccccc2)c1=O)NCc1cc2cnccc2[nH]1. The molecule has 10 heteroatoms. The summed E-state index contributed by atoms with van der Waals surface area (Å²) in [6.07, 6.45) is 5.28. The summed E-state index contributed by atoms with van der Waals surface area (Å²) in [6, 6.07) is 16.3. The van der Waals surface area contributed by atoms with Gasteiger partial charge < -0.3 is 15.6 Å². The summed E-state index contributed by atoms with van der Waals surface area (Å²) in [6.45, 7) is 0.183. The molecule has 0 saturated heterocycles. The molecule has 0 spiro atoms. The number of carbonyl (C=O) groups excluding carboxylic acids is 1. The molecule has 3 N–H and O–H groups in total. The molecule has 192 valence electrons. The van der Waals surface area contributed by atoms with Crippen molar-refractivity contribution in [1.29, 1.82) is 0 Å². The van der Waals surface area contributed by atoms with Crippen molar-refractivity contribution in [3.8, 4) is 11.3 Å². The smallest absolute Gasteiger partial charge is 0.294 e. The lowest BCUT2D eigenvalue weighted by molar-refractivity contribution is -0.121. The zero-order valence-corrected chi connectivity index (χ0v) is 20.2. The summed E-state index contributed by atoms with van der Waals surface area (Å²) in [7, 11) is 0. The van der Waals surface area contributed by atoms with Crippen LogP contribution in [0.1, 0.15) is 11.3 Å². The van der Waals surface area contributed by atoms with E-state index in [0.717, 1.165) is 44.9 Å². The van der Waals surface area contributed by atoms with E-state index in [4.69, 9.17) is 0 Å². The second-order valence-electron chi connectivity index (χ2n) is 8.70. The van der Waals surface area contributed by atoms with E-state index in [1.165, 1.54) is 6.20 Å². The molecule has 2 aromatic carbocycles. The third kappa shape index (κ3) is 5.59. The lowest BCUT2D eigenvalue weighted by Gasteiger charge is -2.15. The van der Waals surface area contributed by atoms with E-state index in [2.05, 4.69) is 25.6 Å². The van der Waals surface area contributed by atoms with Gasteiger partial charge in [0, 0.05) is 41.1 Å². The van der Waals surface area contributed by atoms with Crippen molar-refractivity contribution in [2.75, 3.05) is 11.9 Å². The summed E-state index contributed by atoms with van der Waals surface area (Å²) in [5.41, 5.74) is 1.92. The Morgan fingerprint density at radius 1 is 1.03 bits per heavy atom. The quantitative estimate of drug-likeness (QED) is 0.276. The van der Waals surface area contributed by atoms with Crippen molar-refractivity contribution in [2.45, 2.75) is 19.5 Å². The molecular formula is C28H24F2N6O2. The molecule has 38 heavy (non-hydrogen) atoms. The van der Waals surface area contributed by atoms with Gasteiger partial charge in [0.05, 0.1) is 18.4 Å². The maximum absolute atomic E-state index is 14.6. The van der Waals surface area contributed by atoms with E-state index >= 15 is 0 Å². The standard InChI is InChI=1S/C28H24F2N6O2/c29-20-6-7-23(30)22(13-20)25-16-34-27(32-11-8-18-4-2-1-3-5-18)28(38)36(25)17-26(37)33-15-21-12-19-14-31-10-9-24(19)35-21/h1-7,9-10,12-14,16,35H,8,11,15,17H2,(H,32,34)(H,33,37). The zero-order chi connectivity index (χ0) is 26.5. The molecule has 0 radical (unpaired) electrons. The van der Waals surface area contributed by atoms with Gasteiger partial charge in [-0.05, 0) is 42.3 Å². The van der Waals surface area contributed by atoms with Gasteiger partial charge in [0.2, 0.25) is 5.91 Å². The number of rotatable bonds is 9. The van der Waals surface area contributed by atoms with E-state index in [1.54, 1.807) is 12.4 Å². The van der Waals surface area contributed by atoms with Gasteiger partial charge in [-0.3, -0.25) is 19.1 Å². The molecular weight excluding hydrogens is 490 g/mol. The average Bonchev–Trinajstić information content (AvgIpc) is 3.35. The molecule has 0 bridgehead atoms. The molecule has 0 saturated carbocycles. The summed E-state index contributed by atoms with van der Waals surface area (Å²) in [4.78, 5) is 37.7. The number of hydrogen-bond acceptors (Lipinski definition) is 5. The highest BCUT2D eigenvalue weighted by Crippen LogP contribution is 2.23. The molecule has 8 nitrogen and oxygen atoms in total. The number of nitrogens with one attached hydrogen (secondary N) is 3. The third-order valence-corrected chi connectivity index (χ3v) is 6.06. The fourth-order valence-corrected chi connectivity index (χ4v) is 4.17. The van der Waals surface area contributed by atoms with Gasteiger partial charge in [0.15, 0.2) is 5.82 Å². The topological polar surface area (TPSA) is 105 Å². The monoisotopic (exact) mass is 514 g/mol. The van der Waals surface area contributed by atoms with Crippen molar-refractivity contribution < 1.29 is 13.6 Å². The second kappa shape index (κ2) is 11.0. The summed E-state index contributed by atoms with van der Waals surface area (Å²) in [5.74, 6) is -1.89. The number of H-pyrrole nitrogens is 1. The van der Waals surface area contributed by atoms with Gasteiger partial charge in [-0.25, -0.2) is 13.8 Å². The Labute approximate surface area is 216 Å². The van der Waals surface area contributed by atoms with E-state index in [9.17, 15) is 18.4 Å². The van der Waals surface area contributed by atoms with E-state index in [-0.39, 0.29) is 23.6 Å². The molecule has 1 amide bonds. The van der Waals surface area contributed by atoms with Crippen LogP contribution in [-0.2, 0) is 24.3 Å². The van der Waals surface area contributed by atoms with Gasteiger partial charge in [0.25, 0.3) is 5.56 Å². The Hall–Kier alpha value is -4.86. The second-order valence-corrected chi connectivity index (χ2v) is 8.70. The summed E-state index contributed by atoms with van der Waals surface area (Å²) >= 11 is 0. The van der Waals surface area contributed by atoms with Crippen LogP contribution in [0.5, 0.6) is 0 Å². The van der Waals surface area contributed by atoms with Crippen LogP contribution in [0.25, 0.3) is 22.2 Å². The number of anilines is 1. The number of carbonyl (C=O) groups is 1. The van der Waals surface area contributed by atoms with Crippen LogP contribution >= 0.6 is 0 Å². The van der Waals surface area contributed by atoms with Gasteiger partial charge >= 0.3 is 0 Å². The van der Waals surface area contributed by atoms with Gasteiger partial charge in [-0.2, -0.15) is 0 Å². The lowest BCUT2D eigenvalue weighted by Crippen LogP contribution is -2.34. The molecule has 0 aliphatic rings. The van der Waals surface area contributed by atoms with E-state index in [1.807, 2.05) is 42.5 Å². The van der Waals surface area contributed by atoms with Crippen molar-refractivity contribution >= 4 is 22.6 Å². The first-order valence-electron chi connectivity index (χ1n) is 12.0. The third-order valence-electron chi connectivity index (χ3n) is 6.06. The molecule has 0 atom stereocenters. The van der Waals surface area contributed by atoms with Crippen molar-refractivity contribution in [3.05, 3.63) is 112 Å². The first kappa shape index (κ1) is 24.8. The van der Waals surface area contributed by atoms with Crippen LogP contribution in [0.15, 0.2) is 84.0 Å². The number of aromatic amines is 1. The molecule has 5 aromatic rings. The molecule has 0 fully saturated rings. The maximum Gasteiger partial charge on any atom is 0.294 e. The molecule has 0 unspecified atom stereocenters. The summed E-state index contributed by atoms with van der Waals surface area (Å²) in [5, 5.41) is 6.66. The van der Waals surface area contributed by atoms with Gasteiger partial charge in [0.1, 0.15) is 18.2 Å². The number of aromatic nitrogens is 4.